The van der Waals surface area contributed by atoms with Crippen LogP contribution in [0.3, 0.4) is 0 Å². The molecule has 0 bridgehead atoms. The third kappa shape index (κ3) is 4.87. The van der Waals surface area contributed by atoms with Gasteiger partial charge < -0.3 is 13.6 Å². The first kappa shape index (κ1) is 31.5. The van der Waals surface area contributed by atoms with Crippen LogP contribution < -0.4 is 0 Å². The lowest BCUT2D eigenvalue weighted by Gasteiger charge is -2.13. The Bertz CT molecular complexity index is 3450. The smallest absolute Gasteiger partial charge is 0.164 e. The van der Waals surface area contributed by atoms with Crippen LogP contribution in [-0.2, 0) is 0 Å². The van der Waals surface area contributed by atoms with E-state index in [0.717, 1.165) is 66.6 Å². The number of hydrogen-bond acceptors (Lipinski definition) is 4. The van der Waals surface area contributed by atoms with Crippen molar-refractivity contribution in [2.45, 2.75) is 0 Å². The van der Waals surface area contributed by atoms with E-state index in [-0.39, 0.29) is 0 Å². The van der Waals surface area contributed by atoms with Crippen molar-refractivity contribution in [1.29, 1.82) is 0 Å². The summed E-state index contributed by atoms with van der Waals surface area (Å²) in [6, 6.07) is 65.5. The van der Waals surface area contributed by atoms with E-state index < -0.39 is 0 Å². The summed E-state index contributed by atoms with van der Waals surface area (Å²) in [6.07, 6.45) is 0. The van der Waals surface area contributed by atoms with E-state index >= 15 is 0 Å². The maximum Gasteiger partial charge on any atom is 0.164 e. The molecule has 0 fully saturated rings. The first-order valence-electron chi connectivity index (χ1n) is 19.1. The van der Waals surface area contributed by atoms with E-state index in [1.54, 1.807) is 0 Å². The van der Waals surface area contributed by atoms with Gasteiger partial charge in [-0.05, 0) is 48.5 Å². The average molecular weight is 730 g/mol. The molecule has 4 heterocycles. The summed E-state index contributed by atoms with van der Waals surface area (Å²) in [5.41, 5.74) is 10.9. The maximum atomic E-state index is 6.71. The van der Waals surface area contributed by atoms with Gasteiger partial charge in [-0.15, -0.1) is 0 Å². The molecule has 266 valence electrons. The number of hydrogen-bond donors (Lipinski definition) is 0. The summed E-state index contributed by atoms with van der Waals surface area (Å²) in [6.45, 7) is 0. The van der Waals surface area contributed by atoms with Gasteiger partial charge in [0.25, 0.3) is 0 Å². The summed E-state index contributed by atoms with van der Waals surface area (Å²) in [7, 11) is 0. The molecule has 0 spiro atoms. The van der Waals surface area contributed by atoms with Gasteiger partial charge in [0, 0.05) is 60.8 Å². The summed E-state index contributed by atoms with van der Waals surface area (Å²) >= 11 is 0. The van der Waals surface area contributed by atoms with Gasteiger partial charge >= 0.3 is 0 Å². The van der Waals surface area contributed by atoms with Gasteiger partial charge in [-0.3, -0.25) is 0 Å². The summed E-state index contributed by atoms with van der Waals surface area (Å²) in [5.74, 6) is 1.80. The quantitative estimate of drug-likeness (QED) is 0.177. The fraction of sp³-hybridized carbons (Fsp3) is 0. The summed E-state index contributed by atoms with van der Waals surface area (Å²) in [4.78, 5) is 15.4. The van der Waals surface area contributed by atoms with Crippen molar-refractivity contribution in [3.63, 3.8) is 0 Å². The first-order chi connectivity index (χ1) is 28.3. The van der Waals surface area contributed by atoms with Crippen LogP contribution in [-0.4, -0.2) is 24.1 Å². The van der Waals surface area contributed by atoms with E-state index in [4.69, 9.17) is 19.4 Å². The molecule has 0 amide bonds. The Morgan fingerprint density at radius 2 is 0.825 bits per heavy atom. The van der Waals surface area contributed by atoms with Gasteiger partial charge in [0.15, 0.2) is 17.5 Å². The SMILES string of the molecule is c1ccc(-c2nc(-c3ccccc3)nc(-c3cc(-n4c5ccccc5c5cc6c7ccccc7n(-c7ccccc7)c6cc54)cc4oc5ccccc5c34)n2)cc1. The molecule has 0 radical (unpaired) electrons. The second kappa shape index (κ2) is 12.3. The minimum absolute atomic E-state index is 0.577. The van der Waals surface area contributed by atoms with Crippen molar-refractivity contribution in [3.05, 3.63) is 188 Å². The van der Waals surface area contributed by atoms with Crippen molar-refractivity contribution >= 4 is 65.6 Å². The molecule has 0 aliphatic heterocycles. The number of fused-ring (bicyclic) bond motifs is 9. The second-order valence-electron chi connectivity index (χ2n) is 14.4. The van der Waals surface area contributed by atoms with Crippen LogP contribution in [0.1, 0.15) is 0 Å². The molecule has 0 unspecified atom stereocenters. The third-order valence-corrected chi connectivity index (χ3v) is 11.1. The van der Waals surface area contributed by atoms with Gasteiger partial charge in [0.1, 0.15) is 11.2 Å². The van der Waals surface area contributed by atoms with Crippen molar-refractivity contribution < 1.29 is 4.42 Å². The highest BCUT2D eigenvalue weighted by Crippen LogP contribution is 2.43. The lowest BCUT2D eigenvalue weighted by Crippen LogP contribution is -2.01. The minimum atomic E-state index is 0.577. The standard InChI is InChI=1S/C51H31N5O/c1-4-16-32(17-5-1)49-52-50(33-18-6-2-7-19-33)54-51(53-49)41-28-35(29-47-48(41)38-24-12-15-27-46(38)57-47)56-43-26-14-11-23-37(43)40-30-39-36-22-10-13-25-42(36)55(44(39)31-45(40)56)34-20-8-3-9-21-34/h1-31H. The summed E-state index contributed by atoms with van der Waals surface area (Å²) < 4.78 is 11.4. The highest BCUT2D eigenvalue weighted by Gasteiger charge is 2.23. The monoisotopic (exact) mass is 729 g/mol. The molecule has 57 heavy (non-hydrogen) atoms. The Kier molecular flexibility index (Phi) is 6.83. The van der Waals surface area contributed by atoms with Gasteiger partial charge in [-0.2, -0.15) is 0 Å². The predicted octanol–water partition coefficient (Wildman–Crippen LogP) is 13.0. The molecule has 0 N–H and O–H groups in total. The number of nitrogens with zero attached hydrogens (tertiary/aromatic N) is 5. The molecule has 12 rings (SSSR count). The largest absolute Gasteiger partial charge is 0.456 e. The van der Waals surface area contributed by atoms with Crippen molar-refractivity contribution in [2.75, 3.05) is 0 Å². The third-order valence-electron chi connectivity index (χ3n) is 11.1. The molecule has 0 aliphatic rings. The molecule has 0 atom stereocenters. The fourth-order valence-electron chi connectivity index (χ4n) is 8.64. The Morgan fingerprint density at radius 3 is 1.44 bits per heavy atom. The Balaban J connectivity index is 1.19. The average Bonchev–Trinajstić information content (AvgIpc) is 3.93. The lowest BCUT2D eigenvalue weighted by atomic mass is 10.0. The van der Waals surface area contributed by atoms with Crippen molar-refractivity contribution in [1.82, 2.24) is 24.1 Å². The normalized spacial score (nSPS) is 11.9. The van der Waals surface area contributed by atoms with Crippen molar-refractivity contribution in [3.8, 4) is 45.5 Å². The number of rotatable bonds is 5. The molecule has 8 aromatic carbocycles. The van der Waals surface area contributed by atoms with Gasteiger partial charge in [0.2, 0.25) is 0 Å². The van der Waals surface area contributed by atoms with Crippen LogP contribution in [0.5, 0.6) is 0 Å². The molecule has 6 heteroatoms. The van der Waals surface area contributed by atoms with Gasteiger partial charge in [-0.25, -0.2) is 15.0 Å². The van der Waals surface area contributed by atoms with Crippen molar-refractivity contribution in [2.24, 2.45) is 0 Å². The highest BCUT2D eigenvalue weighted by atomic mass is 16.3. The Hall–Kier alpha value is -7.83. The van der Waals surface area contributed by atoms with E-state index in [2.05, 4.69) is 124 Å². The topological polar surface area (TPSA) is 61.7 Å². The van der Waals surface area contributed by atoms with E-state index in [1.165, 1.54) is 27.1 Å². The van der Waals surface area contributed by atoms with E-state index in [1.807, 2.05) is 72.8 Å². The summed E-state index contributed by atoms with van der Waals surface area (Å²) in [5, 5.41) is 6.76. The maximum absolute atomic E-state index is 6.71. The van der Waals surface area contributed by atoms with Crippen LogP contribution in [0.15, 0.2) is 192 Å². The van der Waals surface area contributed by atoms with Crippen LogP contribution in [0.2, 0.25) is 0 Å². The zero-order valence-electron chi connectivity index (χ0n) is 30.5. The lowest BCUT2D eigenvalue weighted by molar-refractivity contribution is 0.668. The highest BCUT2D eigenvalue weighted by molar-refractivity contribution is 6.20. The van der Waals surface area contributed by atoms with E-state index in [0.29, 0.717) is 17.5 Å². The minimum Gasteiger partial charge on any atom is -0.456 e. The Morgan fingerprint density at radius 1 is 0.333 bits per heavy atom. The zero-order valence-corrected chi connectivity index (χ0v) is 30.5. The Labute approximate surface area is 326 Å². The molecular weight excluding hydrogens is 699 g/mol. The van der Waals surface area contributed by atoms with Crippen LogP contribution in [0, 0.1) is 0 Å². The van der Waals surface area contributed by atoms with Crippen LogP contribution >= 0.6 is 0 Å². The van der Waals surface area contributed by atoms with Gasteiger partial charge in [0.05, 0.1) is 27.8 Å². The second-order valence-corrected chi connectivity index (χ2v) is 14.4. The zero-order chi connectivity index (χ0) is 37.5. The predicted molar refractivity (Wildman–Crippen MR) is 232 cm³/mol. The molecule has 0 aliphatic carbocycles. The molecule has 0 saturated heterocycles. The van der Waals surface area contributed by atoms with Crippen LogP contribution in [0.25, 0.3) is 111 Å². The van der Waals surface area contributed by atoms with Crippen LogP contribution in [0.4, 0.5) is 0 Å². The number of para-hydroxylation sites is 4. The first-order valence-corrected chi connectivity index (χ1v) is 19.1. The van der Waals surface area contributed by atoms with Gasteiger partial charge in [-0.1, -0.05) is 133 Å². The number of aromatic nitrogens is 5. The molecular formula is C51H31N5O. The molecule has 6 nitrogen and oxygen atoms in total. The number of furan rings is 1. The van der Waals surface area contributed by atoms with E-state index in [9.17, 15) is 0 Å². The molecule has 4 aromatic heterocycles. The number of benzene rings is 8. The molecule has 12 aromatic rings. The fourth-order valence-corrected chi connectivity index (χ4v) is 8.64. The molecule has 0 saturated carbocycles.